The van der Waals surface area contributed by atoms with Gasteiger partial charge in [0.25, 0.3) is 11.5 Å². The number of hydrogen-bond donors (Lipinski definition) is 1. The first-order valence-corrected chi connectivity index (χ1v) is 15.9. The van der Waals surface area contributed by atoms with Crippen molar-refractivity contribution in [3.8, 4) is 5.69 Å². The minimum absolute atomic E-state index is 0.00918. The number of fused-ring (bicyclic) bond motifs is 2. The second kappa shape index (κ2) is 13.9. The number of carbonyl (C=O) groups is 2. The van der Waals surface area contributed by atoms with Crippen LogP contribution in [0.5, 0.6) is 0 Å². The lowest BCUT2D eigenvalue weighted by Gasteiger charge is -2.38. The molecule has 1 saturated heterocycles. The van der Waals surface area contributed by atoms with E-state index in [1.165, 1.54) is 55.3 Å². The van der Waals surface area contributed by atoms with Gasteiger partial charge in [0.05, 0.1) is 53.7 Å². The van der Waals surface area contributed by atoms with Crippen LogP contribution in [0.25, 0.3) is 27.5 Å². The molecular weight excluding hydrogens is 676 g/mol. The van der Waals surface area contributed by atoms with Crippen LogP contribution in [0.1, 0.15) is 28.4 Å². The van der Waals surface area contributed by atoms with Crippen LogP contribution < -0.4 is 21.5 Å². The molecule has 0 spiro atoms. The molecule has 1 aliphatic rings. The number of esters is 1. The molecule has 1 fully saturated rings. The number of hydrogen-bond acceptors (Lipinski definition) is 9. The molecule has 0 unspecified atom stereocenters. The van der Waals surface area contributed by atoms with Gasteiger partial charge in [0, 0.05) is 43.5 Å². The van der Waals surface area contributed by atoms with Gasteiger partial charge >= 0.3 is 17.8 Å². The van der Waals surface area contributed by atoms with Gasteiger partial charge in [-0.15, -0.1) is 0 Å². The molecule has 0 aliphatic carbocycles. The van der Waals surface area contributed by atoms with Crippen molar-refractivity contribution >= 4 is 39.4 Å². The molecule has 1 aliphatic heterocycles. The van der Waals surface area contributed by atoms with Crippen LogP contribution in [0.15, 0.2) is 70.6 Å². The van der Waals surface area contributed by atoms with Gasteiger partial charge in [-0.1, -0.05) is 12.1 Å². The summed E-state index contributed by atoms with van der Waals surface area (Å²) in [6.45, 7) is 2.19. The SMILES string of the molecule is CCOC(=O)[C@H](Cc1ccc(-n2c(=O)c3ccncc3n(C)c2=O)c2ncccc12)NC(=O)c1c(C)cc(N2CCOC[C@@H]2C(F)(F)F)cc1F. The number of nitrogens with zero attached hydrogens (tertiary/aromatic N) is 5. The number of halogens is 4. The first kappa shape index (κ1) is 35.2. The number of aromatic nitrogens is 4. The Bertz CT molecular complexity index is 2270. The molecule has 0 saturated carbocycles. The maximum absolute atomic E-state index is 15.6. The van der Waals surface area contributed by atoms with Gasteiger partial charge in [-0.25, -0.2) is 18.5 Å². The van der Waals surface area contributed by atoms with Crippen molar-refractivity contribution in [3.05, 3.63) is 104 Å². The standard InChI is InChI=1S/C35H32F4N6O6/c1-4-51-33(48)25(42-31(46)29-19(2)14-21(16-24(29)36)44-12-13-50-18-28(44)35(37,38)39)15-20-7-8-26(30-22(20)6-5-10-41-30)45-32(47)23-9-11-40-17-27(23)43(3)34(45)49/h5-11,14,16-17,25,28H,4,12-13,15,18H2,1-3H3,(H,42,46)/t25-,28+/m0/s1. The van der Waals surface area contributed by atoms with Gasteiger partial charge in [-0.2, -0.15) is 13.2 Å². The molecule has 6 rings (SSSR count). The lowest BCUT2D eigenvalue weighted by molar-refractivity contribution is -0.167. The van der Waals surface area contributed by atoms with Crippen molar-refractivity contribution < 1.29 is 36.6 Å². The molecular formula is C35H32F4N6O6. The number of ether oxygens (including phenoxy) is 2. The number of alkyl halides is 3. The van der Waals surface area contributed by atoms with Gasteiger partial charge < -0.3 is 19.7 Å². The van der Waals surface area contributed by atoms with Crippen LogP contribution in [-0.2, 0) is 27.7 Å². The zero-order valence-corrected chi connectivity index (χ0v) is 27.7. The summed E-state index contributed by atoms with van der Waals surface area (Å²) in [7, 11) is 1.51. The molecule has 2 atom stereocenters. The van der Waals surface area contributed by atoms with E-state index in [2.05, 4.69) is 15.3 Å². The van der Waals surface area contributed by atoms with Gasteiger partial charge in [0.1, 0.15) is 17.9 Å². The number of anilines is 1. The van der Waals surface area contributed by atoms with Crippen LogP contribution in [0.3, 0.4) is 0 Å². The first-order valence-electron chi connectivity index (χ1n) is 15.9. The number of benzene rings is 2. The molecule has 2 aromatic carbocycles. The number of aryl methyl sites for hydroxylation is 2. The van der Waals surface area contributed by atoms with Crippen LogP contribution in [0.4, 0.5) is 23.2 Å². The highest BCUT2D eigenvalue weighted by Crippen LogP contribution is 2.33. The number of rotatable bonds is 8. The summed E-state index contributed by atoms with van der Waals surface area (Å²) in [4.78, 5) is 63.2. The Morgan fingerprint density at radius 2 is 1.90 bits per heavy atom. The normalized spacial score (nSPS) is 15.6. The molecule has 1 N–H and O–H groups in total. The second-order valence-electron chi connectivity index (χ2n) is 11.9. The molecule has 3 aromatic heterocycles. The third kappa shape index (κ3) is 6.66. The number of morpholine rings is 1. The average molecular weight is 709 g/mol. The minimum Gasteiger partial charge on any atom is -0.464 e. The van der Waals surface area contributed by atoms with E-state index in [0.717, 1.165) is 15.5 Å². The van der Waals surface area contributed by atoms with Gasteiger partial charge in [-0.05, 0) is 55.3 Å². The number of amides is 1. The summed E-state index contributed by atoms with van der Waals surface area (Å²) in [5.41, 5.74) is -0.420. The van der Waals surface area contributed by atoms with E-state index in [0.29, 0.717) is 16.5 Å². The van der Waals surface area contributed by atoms with E-state index >= 15 is 4.39 Å². The fourth-order valence-corrected chi connectivity index (χ4v) is 6.33. The topological polar surface area (TPSA) is 138 Å². The summed E-state index contributed by atoms with van der Waals surface area (Å²) in [5, 5.41) is 3.25. The number of pyridine rings is 2. The largest absolute Gasteiger partial charge is 0.464 e. The van der Waals surface area contributed by atoms with E-state index in [-0.39, 0.29) is 54.0 Å². The van der Waals surface area contributed by atoms with E-state index in [1.807, 2.05) is 0 Å². The molecule has 1 amide bonds. The van der Waals surface area contributed by atoms with E-state index in [1.54, 1.807) is 25.1 Å². The highest BCUT2D eigenvalue weighted by atomic mass is 19.4. The van der Waals surface area contributed by atoms with Crippen molar-refractivity contribution in [1.82, 2.24) is 24.4 Å². The zero-order chi connectivity index (χ0) is 36.6. The maximum atomic E-state index is 15.6. The Labute approximate surface area is 287 Å². The molecule has 16 heteroatoms. The molecule has 266 valence electrons. The highest BCUT2D eigenvalue weighted by Gasteiger charge is 2.45. The first-order chi connectivity index (χ1) is 24.3. The van der Waals surface area contributed by atoms with Crippen LogP contribution in [0, 0.1) is 12.7 Å². The minimum atomic E-state index is -4.63. The van der Waals surface area contributed by atoms with Crippen molar-refractivity contribution in [2.24, 2.45) is 7.05 Å². The van der Waals surface area contributed by atoms with Gasteiger partial charge in [-0.3, -0.25) is 24.1 Å². The monoisotopic (exact) mass is 708 g/mol. The van der Waals surface area contributed by atoms with E-state index in [9.17, 15) is 32.3 Å². The van der Waals surface area contributed by atoms with E-state index in [4.69, 9.17) is 9.47 Å². The summed E-state index contributed by atoms with van der Waals surface area (Å²) in [6, 6.07) is 6.70. The molecule has 0 radical (unpaired) electrons. The number of carbonyl (C=O) groups excluding carboxylic acids is 2. The Morgan fingerprint density at radius 1 is 1.12 bits per heavy atom. The van der Waals surface area contributed by atoms with Gasteiger partial charge in [0.15, 0.2) is 0 Å². The summed E-state index contributed by atoms with van der Waals surface area (Å²) >= 11 is 0. The summed E-state index contributed by atoms with van der Waals surface area (Å²) < 4.78 is 69.2. The van der Waals surface area contributed by atoms with Crippen molar-refractivity contribution in [3.63, 3.8) is 0 Å². The smallest absolute Gasteiger partial charge is 0.411 e. The van der Waals surface area contributed by atoms with Crippen molar-refractivity contribution in [2.45, 2.75) is 38.5 Å². The molecule has 4 heterocycles. The van der Waals surface area contributed by atoms with Crippen molar-refractivity contribution in [1.29, 1.82) is 0 Å². The highest BCUT2D eigenvalue weighted by molar-refractivity contribution is 5.99. The fourth-order valence-electron chi connectivity index (χ4n) is 6.33. The third-order valence-corrected chi connectivity index (χ3v) is 8.79. The van der Waals surface area contributed by atoms with Crippen molar-refractivity contribution in [2.75, 3.05) is 31.3 Å². The molecule has 5 aromatic rings. The van der Waals surface area contributed by atoms with Crippen LogP contribution >= 0.6 is 0 Å². The lowest BCUT2D eigenvalue weighted by Crippen LogP contribution is -2.53. The van der Waals surface area contributed by atoms with Crippen LogP contribution in [0.2, 0.25) is 0 Å². The Morgan fingerprint density at radius 3 is 2.63 bits per heavy atom. The average Bonchev–Trinajstić information content (AvgIpc) is 3.10. The summed E-state index contributed by atoms with van der Waals surface area (Å²) in [6.07, 6.45) is -0.464. The lowest BCUT2D eigenvalue weighted by atomic mass is 9.99. The third-order valence-electron chi connectivity index (χ3n) is 8.79. The second-order valence-corrected chi connectivity index (χ2v) is 11.9. The quantitative estimate of drug-likeness (QED) is 0.189. The van der Waals surface area contributed by atoms with Gasteiger partial charge in [0.2, 0.25) is 0 Å². The van der Waals surface area contributed by atoms with E-state index < -0.39 is 59.4 Å². The molecule has 0 bridgehead atoms. The molecule has 12 nitrogen and oxygen atoms in total. The van der Waals surface area contributed by atoms with Crippen LogP contribution in [-0.4, -0.2) is 75.6 Å². The summed E-state index contributed by atoms with van der Waals surface area (Å²) in [5.74, 6) is -2.88. The maximum Gasteiger partial charge on any atom is 0.411 e. The Kier molecular flexibility index (Phi) is 9.62. The Balaban J connectivity index is 1.35. The molecule has 51 heavy (non-hydrogen) atoms. The fraction of sp³-hybridized carbons (Fsp3) is 0.314. The predicted octanol–water partition coefficient (Wildman–Crippen LogP) is 3.75. The predicted molar refractivity (Wildman–Crippen MR) is 179 cm³/mol. The zero-order valence-electron chi connectivity index (χ0n) is 27.7. The Hall–Kier alpha value is -5.64. The number of nitrogens with one attached hydrogen (secondary N) is 1.